The van der Waals surface area contributed by atoms with E-state index in [1.54, 1.807) is 12.1 Å². The van der Waals surface area contributed by atoms with Gasteiger partial charge in [0, 0.05) is 37.0 Å². The Morgan fingerprint density at radius 3 is 2.48 bits per heavy atom. The summed E-state index contributed by atoms with van der Waals surface area (Å²) in [6.07, 6.45) is 1.94. The third-order valence-corrected chi connectivity index (χ3v) is 7.09. The van der Waals surface area contributed by atoms with Crippen molar-refractivity contribution in [2.75, 3.05) is 19.6 Å². The SMILES string of the molecule is CC1CN(S(=O)(=O)c2cccc3ccccc23)CCN1C(=O)C1CC1. The van der Waals surface area contributed by atoms with E-state index in [1.165, 1.54) is 4.31 Å². The summed E-state index contributed by atoms with van der Waals surface area (Å²) in [6.45, 7) is 3.12. The van der Waals surface area contributed by atoms with E-state index in [9.17, 15) is 13.2 Å². The molecule has 0 aromatic heterocycles. The van der Waals surface area contributed by atoms with Crippen molar-refractivity contribution in [1.82, 2.24) is 9.21 Å². The first-order chi connectivity index (χ1) is 12.0. The van der Waals surface area contributed by atoms with E-state index in [0.717, 1.165) is 23.6 Å². The van der Waals surface area contributed by atoms with Gasteiger partial charge >= 0.3 is 0 Å². The zero-order chi connectivity index (χ0) is 17.6. The molecule has 1 saturated heterocycles. The van der Waals surface area contributed by atoms with Crippen molar-refractivity contribution in [3.8, 4) is 0 Å². The average molecular weight is 358 g/mol. The molecular formula is C19H22N2O3S. The summed E-state index contributed by atoms with van der Waals surface area (Å²) in [7, 11) is -3.58. The first-order valence-corrected chi connectivity index (χ1v) is 10.2. The lowest BCUT2D eigenvalue weighted by atomic mass is 10.1. The monoisotopic (exact) mass is 358 g/mol. The average Bonchev–Trinajstić information content (AvgIpc) is 3.45. The van der Waals surface area contributed by atoms with Gasteiger partial charge in [0.05, 0.1) is 4.90 Å². The molecule has 0 N–H and O–H groups in total. The number of rotatable bonds is 3. The lowest BCUT2D eigenvalue weighted by Crippen LogP contribution is -2.55. The van der Waals surface area contributed by atoms with E-state index in [2.05, 4.69) is 0 Å². The Hall–Kier alpha value is -1.92. The maximum atomic E-state index is 13.2. The van der Waals surface area contributed by atoms with Gasteiger partial charge in [0.2, 0.25) is 15.9 Å². The molecule has 0 radical (unpaired) electrons. The number of amides is 1. The van der Waals surface area contributed by atoms with Gasteiger partial charge in [-0.2, -0.15) is 4.31 Å². The first kappa shape index (κ1) is 16.5. The van der Waals surface area contributed by atoms with Crippen molar-refractivity contribution in [2.45, 2.75) is 30.7 Å². The molecule has 2 fully saturated rings. The highest BCUT2D eigenvalue weighted by atomic mass is 32.2. The Morgan fingerprint density at radius 1 is 1.04 bits per heavy atom. The molecule has 25 heavy (non-hydrogen) atoms. The molecular weight excluding hydrogens is 336 g/mol. The van der Waals surface area contributed by atoms with Gasteiger partial charge in [0.15, 0.2) is 0 Å². The lowest BCUT2D eigenvalue weighted by molar-refractivity contribution is -0.136. The normalized spacial score (nSPS) is 22.3. The van der Waals surface area contributed by atoms with Crippen molar-refractivity contribution in [2.24, 2.45) is 5.92 Å². The topological polar surface area (TPSA) is 57.7 Å². The molecule has 5 nitrogen and oxygen atoms in total. The third kappa shape index (κ3) is 2.93. The zero-order valence-corrected chi connectivity index (χ0v) is 15.1. The van der Waals surface area contributed by atoms with E-state index in [-0.39, 0.29) is 17.9 Å². The highest BCUT2D eigenvalue weighted by Crippen LogP contribution is 2.33. The summed E-state index contributed by atoms with van der Waals surface area (Å²) < 4.78 is 27.9. The highest BCUT2D eigenvalue weighted by Gasteiger charge is 2.39. The van der Waals surface area contributed by atoms with Gasteiger partial charge in [-0.05, 0) is 31.2 Å². The highest BCUT2D eigenvalue weighted by molar-refractivity contribution is 7.89. The van der Waals surface area contributed by atoms with Crippen molar-refractivity contribution >= 4 is 26.7 Å². The molecule has 6 heteroatoms. The second kappa shape index (κ2) is 6.11. The minimum absolute atomic E-state index is 0.0911. The van der Waals surface area contributed by atoms with Crippen LogP contribution in [0.1, 0.15) is 19.8 Å². The lowest BCUT2D eigenvalue weighted by Gasteiger charge is -2.39. The van der Waals surface area contributed by atoms with Crippen molar-refractivity contribution in [3.05, 3.63) is 42.5 Å². The molecule has 1 aliphatic heterocycles. The van der Waals surface area contributed by atoms with Gasteiger partial charge < -0.3 is 4.90 Å². The molecule has 2 aromatic carbocycles. The van der Waals surface area contributed by atoms with Crippen LogP contribution in [0.3, 0.4) is 0 Å². The number of hydrogen-bond acceptors (Lipinski definition) is 3. The Balaban J connectivity index is 1.61. The zero-order valence-electron chi connectivity index (χ0n) is 14.3. The molecule has 1 heterocycles. The minimum atomic E-state index is -3.58. The molecule has 0 bridgehead atoms. The fourth-order valence-electron chi connectivity index (χ4n) is 3.59. The minimum Gasteiger partial charge on any atom is -0.337 e. The maximum Gasteiger partial charge on any atom is 0.243 e. The number of benzene rings is 2. The number of piperazine rings is 1. The van der Waals surface area contributed by atoms with Gasteiger partial charge in [-0.25, -0.2) is 8.42 Å². The van der Waals surface area contributed by atoms with E-state index in [4.69, 9.17) is 0 Å². The number of nitrogens with zero attached hydrogens (tertiary/aromatic N) is 2. The maximum absolute atomic E-state index is 13.2. The summed E-state index contributed by atoms with van der Waals surface area (Å²) >= 11 is 0. The fourth-order valence-corrected chi connectivity index (χ4v) is 5.32. The number of fused-ring (bicyclic) bond motifs is 1. The standard InChI is InChI=1S/C19H22N2O3S/c1-14-13-20(11-12-21(14)19(22)16-9-10-16)25(23,24)18-8-4-6-15-5-2-3-7-17(15)18/h2-8,14,16H,9-13H2,1H3. The van der Waals surface area contributed by atoms with Crippen molar-refractivity contribution < 1.29 is 13.2 Å². The third-order valence-electron chi connectivity index (χ3n) is 5.17. The summed E-state index contributed by atoms with van der Waals surface area (Å²) in [6, 6.07) is 12.8. The van der Waals surface area contributed by atoms with Gasteiger partial charge in [-0.15, -0.1) is 0 Å². The van der Waals surface area contributed by atoms with Crippen LogP contribution in [0, 0.1) is 5.92 Å². The van der Waals surface area contributed by atoms with E-state index in [0.29, 0.717) is 24.5 Å². The largest absolute Gasteiger partial charge is 0.337 e. The summed E-state index contributed by atoms with van der Waals surface area (Å²) in [4.78, 5) is 14.5. The Bertz CT molecular complexity index is 916. The molecule has 132 valence electrons. The second-order valence-corrected chi connectivity index (χ2v) is 8.90. The Kier molecular flexibility index (Phi) is 4.04. The molecule has 2 aromatic rings. The summed E-state index contributed by atoms with van der Waals surface area (Å²) in [5, 5.41) is 1.66. The molecule has 4 rings (SSSR count). The number of sulfonamides is 1. The number of carbonyl (C=O) groups excluding carboxylic acids is 1. The Morgan fingerprint density at radius 2 is 1.76 bits per heavy atom. The molecule has 1 unspecified atom stereocenters. The quantitative estimate of drug-likeness (QED) is 0.847. The van der Waals surface area contributed by atoms with Crippen LogP contribution in [0.5, 0.6) is 0 Å². The van der Waals surface area contributed by atoms with Crippen LogP contribution >= 0.6 is 0 Å². The predicted octanol–water partition coefficient (Wildman–Crippen LogP) is 2.47. The molecule has 1 aliphatic carbocycles. The number of hydrogen-bond donors (Lipinski definition) is 0. The van der Waals surface area contributed by atoms with Crippen molar-refractivity contribution in [1.29, 1.82) is 0 Å². The molecule has 0 spiro atoms. The van der Waals surface area contributed by atoms with Crippen LogP contribution in [-0.4, -0.2) is 49.2 Å². The predicted molar refractivity (Wildman–Crippen MR) is 96.6 cm³/mol. The van der Waals surface area contributed by atoms with Crippen LogP contribution in [0.25, 0.3) is 10.8 Å². The van der Waals surface area contributed by atoms with E-state index in [1.807, 2.05) is 42.2 Å². The van der Waals surface area contributed by atoms with Gasteiger partial charge in [-0.1, -0.05) is 36.4 Å². The summed E-state index contributed by atoms with van der Waals surface area (Å²) in [5.74, 6) is 0.360. The molecule has 1 atom stereocenters. The Labute approximate surface area is 148 Å². The molecule has 2 aliphatic rings. The fraction of sp³-hybridized carbons (Fsp3) is 0.421. The van der Waals surface area contributed by atoms with Crippen LogP contribution in [-0.2, 0) is 14.8 Å². The molecule has 1 saturated carbocycles. The van der Waals surface area contributed by atoms with Crippen LogP contribution in [0.15, 0.2) is 47.4 Å². The smallest absolute Gasteiger partial charge is 0.243 e. The van der Waals surface area contributed by atoms with Crippen LogP contribution in [0.4, 0.5) is 0 Å². The van der Waals surface area contributed by atoms with Gasteiger partial charge in [0.1, 0.15) is 0 Å². The second-order valence-electron chi connectivity index (χ2n) is 7.00. The number of carbonyl (C=O) groups is 1. The van der Waals surface area contributed by atoms with E-state index >= 15 is 0 Å². The molecule has 1 amide bonds. The van der Waals surface area contributed by atoms with Gasteiger partial charge in [-0.3, -0.25) is 4.79 Å². The van der Waals surface area contributed by atoms with Crippen LogP contribution in [0.2, 0.25) is 0 Å². The van der Waals surface area contributed by atoms with Crippen LogP contribution < -0.4 is 0 Å². The van der Waals surface area contributed by atoms with Crippen molar-refractivity contribution in [3.63, 3.8) is 0 Å². The van der Waals surface area contributed by atoms with Gasteiger partial charge in [0.25, 0.3) is 0 Å². The summed E-state index contributed by atoms with van der Waals surface area (Å²) in [5.41, 5.74) is 0. The first-order valence-electron chi connectivity index (χ1n) is 8.77. The van der Waals surface area contributed by atoms with E-state index < -0.39 is 10.0 Å².